The van der Waals surface area contributed by atoms with Gasteiger partial charge < -0.3 is 16.4 Å². The second kappa shape index (κ2) is 5.19. The summed E-state index contributed by atoms with van der Waals surface area (Å²) in [6.45, 7) is 0.405. The summed E-state index contributed by atoms with van der Waals surface area (Å²) in [7, 11) is 1.77. The number of nitrogens with one attached hydrogen (secondary N) is 2. The third-order valence-corrected chi connectivity index (χ3v) is 2.47. The molecule has 0 atom stereocenters. The van der Waals surface area contributed by atoms with Crippen LogP contribution in [0.3, 0.4) is 0 Å². The van der Waals surface area contributed by atoms with E-state index in [1.807, 2.05) is 0 Å². The molecule has 0 saturated heterocycles. The van der Waals surface area contributed by atoms with Gasteiger partial charge in [-0.1, -0.05) is 0 Å². The van der Waals surface area contributed by atoms with Crippen molar-refractivity contribution in [1.82, 2.24) is 10.6 Å². The predicted octanol–water partition coefficient (Wildman–Crippen LogP) is -0.408. The van der Waals surface area contributed by atoms with Gasteiger partial charge in [-0.2, -0.15) is 0 Å². The van der Waals surface area contributed by atoms with Crippen LogP contribution in [0.15, 0.2) is 0 Å². The number of hydrogen-bond donors (Lipinski definition) is 3. The third kappa shape index (κ3) is 3.74. The van der Waals surface area contributed by atoms with Crippen LogP contribution in [-0.2, 0) is 4.79 Å². The summed E-state index contributed by atoms with van der Waals surface area (Å²) in [5.74, 6) is 0.0861. The second-order valence-corrected chi connectivity index (χ2v) is 3.71. The van der Waals surface area contributed by atoms with Gasteiger partial charge in [-0.05, 0) is 32.7 Å². The maximum atomic E-state index is 11.2. The molecular formula is C9H19N3O. The van der Waals surface area contributed by atoms with Gasteiger partial charge in [0.05, 0.1) is 6.54 Å². The standard InChI is InChI=1S/C9H19N3O/c1-11-6-9(13)12-8-4-2-7(10)3-5-8/h7-8,11H,2-6,10H2,1H3,(H,12,13). The van der Waals surface area contributed by atoms with Crippen molar-refractivity contribution < 1.29 is 4.79 Å². The molecule has 0 aliphatic heterocycles. The summed E-state index contributed by atoms with van der Waals surface area (Å²) in [4.78, 5) is 11.2. The smallest absolute Gasteiger partial charge is 0.234 e. The van der Waals surface area contributed by atoms with Gasteiger partial charge in [-0.15, -0.1) is 0 Å². The molecule has 0 radical (unpaired) electrons. The van der Waals surface area contributed by atoms with Gasteiger partial charge in [0.1, 0.15) is 0 Å². The molecule has 1 aliphatic carbocycles. The number of amides is 1. The minimum Gasteiger partial charge on any atom is -0.352 e. The van der Waals surface area contributed by atoms with Crippen molar-refractivity contribution in [3.8, 4) is 0 Å². The highest BCUT2D eigenvalue weighted by Crippen LogP contribution is 2.16. The van der Waals surface area contributed by atoms with E-state index >= 15 is 0 Å². The highest BCUT2D eigenvalue weighted by atomic mass is 16.1. The highest BCUT2D eigenvalue weighted by molar-refractivity contribution is 5.78. The number of likely N-dealkylation sites (N-methyl/N-ethyl adjacent to an activating group) is 1. The van der Waals surface area contributed by atoms with E-state index in [1.54, 1.807) is 7.05 Å². The zero-order valence-corrected chi connectivity index (χ0v) is 8.18. The maximum Gasteiger partial charge on any atom is 0.234 e. The van der Waals surface area contributed by atoms with Crippen molar-refractivity contribution in [3.63, 3.8) is 0 Å². The molecule has 4 N–H and O–H groups in total. The van der Waals surface area contributed by atoms with Gasteiger partial charge in [0.15, 0.2) is 0 Å². The first-order valence-corrected chi connectivity index (χ1v) is 4.92. The second-order valence-electron chi connectivity index (χ2n) is 3.71. The van der Waals surface area contributed by atoms with Crippen LogP contribution in [0.2, 0.25) is 0 Å². The number of nitrogens with two attached hydrogens (primary N) is 1. The zero-order valence-electron chi connectivity index (χ0n) is 8.18. The van der Waals surface area contributed by atoms with E-state index in [0.29, 0.717) is 18.6 Å². The number of carbonyl (C=O) groups excluding carboxylic acids is 1. The minimum atomic E-state index is 0.0861. The molecule has 1 rings (SSSR count). The average molecular weight is 185 g/mol. The molecular weight excluding hydrogens is 166 g/mol. The van der Waals surface area contributed by atoms with Crippen LogP contribution in [0.25, 0.3) is 0 Å². The van der Waals surface area contributed by atoms with E-state index in [2.05, 4.69) is 10.6 Å². The Hall–Kier alpha value is -0.610. The first-order valence-electron chi connectivity index (χ1n) is 4.92. The Labute approximate surface area is 79.3 Å². The molecule has 4 heteroatoms. The molecule has 1 saturated carbocycles. The fourth-order valence-electron chi connectivity index (χ4n) is 1.70. The van der Waals surface area contributed by atoms with E-state index < -0.39 is 0 Å². The number of rotatable bonds is 3. The summed E-state index contributed by atoms with van der Waals surface area (Å²) in [5, 5.41) is 5.81. The maximum absolute atomic E-state index is 11.2. The molecule has 0 aromatic heterocycles. The van der Waals surface area contributed by atoms with Crippen molar-refractivity contribution >= 4 is 5.91 Å². The van der Waals surface area contributed by atoms with Crippen LogP contribution in [0.4, 0.5) is 0 Å². The summed E-state index contributed by atoms with van der Waals surface area (Å²) in [6.07, 6.45) is 4.11. The van der Waals surface area contributed by atoms with E-state index in [-0.39, 0.29) is 5.91 Å². The summed E-state index contributed by atoms with van der Waals surface area (Å²) < 4.78 is 0. The van der Waals surface area contributed by atoms with Crippen molar-refractivity contribution in [3.05, 3.63) is 0 Å². The molecule has 0 unspecified atom stereocenters. The molecule has 0 heterocycles. The van der Waals surface area contributed by atoms with E-state index in [9.17, 15) is 4.79 Å². The third-order valence-electron chi connectivity index (χ3n) is 2.47. The van der Waals surface area contributed by atoms with Gasteiger partial charge in [-0.25, -0.2) is 0 Å². The van der Waals surface area contributed by atoms with Gasteiger partial charge in [0, 0.05) is 12.1 Å². The lowest BCUT2D eigenvalue weighted by atomic mass is 9.92. The Morgan fingerprint density at radius 1 is 1.38 bits per heavy atom. The van der Waals surface area contributed by atoms with Crippen LogP contribution < -0.4 is 16.4 Å². The molecule has 13 heavy (non-hydrogen) atoms. The van der Waals surface area contributed by atoms with Crippen LogP contribution >= 0.6 is 0 Å². The van der Waals surface area contributed by atoms with Gasteiger partial charge in [0.2, 0.25) is 5.91 Å². The molecule has 0 aromatic rings. The fourth-order valence-corrected chi connectivity index (χ4v) is 1.70. The molecule has 1 fully saturated rings. The van der Waals surface area contributed by atoms with E-state index in [1.165, 1.54) is 0 Å². The summed E-state index contributed by atoms with van der Waals surface area (Å²) >= 11 is 0. The molecule has 1 aliphatic rings. The van der Waals surface area contributed by atoms with Crippen molar-refractivity contribution in [2.45, 2.75) is 37.8 Å². The fraction of sp³-hybridized carbons (Fsp3) is 0.889. The Kier molecular flexibility index (Phi) is 4.18. The van der Waals surface area contributed by atoms with E-state index in [4.69, 9.17) is 5.73 Å². The first-order chi connectivity index (χ1) is 6.22. The number of carbonyl (C=O) groups is 1. The number of hydrogen-bond acceptors (Lipinski definition) is 3. The summed E-state index contributed by atoms with van der Waals surface area (Å²) in [6, 6.07) is 0.693. The Bertz CT molecular complexity index is 164. The normalized spacial score (nSPS) is 28.5. The van der Waals surface area contributed by atoms with Crippen LogP contribution in [-0.4, -0.2) is 31.6 Å². The minimum absolute atomic E-state index is 0.0861. The Morgan fingerprint density at radius 3 is 2.54 bits per heavy atom. The Balaban J connectivity index is 2.18. The van der Waals surface area contributed by atoms with Gasteiger partial charge in [-0.3, -0.25) is 4.79 Å². The average Bonchev–Trinajstić information content (AvgIpc) is 2.09. The van der Waals surface area contributed by atoms with Crippen molar-refractivity contribution in [2.75, 3.05) is 13.6 Å². The predicted molar refractivity (Wildman–Crippen MR) is 52.3 cm³/mol. The molecule has 0 bridgehead atoms. The van der Waals surface area contributed by atoms with Crippen LogP contribution in [0.1, 0.15) is 25.7 Å². The lowest BCUT2D eigenvalue weighted by Gasteiger charge is -2.26. The molecule has 0 spiro atoms. The summed E-state index contributed by atoms with van der Waals surface area (Å²) in [5.41, 5.74) is 5.76. The van der Waals surface area contributed by atoms with Crippen molar-refractivity contribution in [1.29, 1.82) is 0 Å². The quantitative estimate of drug-likeness (QED) is 0.560. The van der Waals surface area contributed by atoms with Crippen LogP contribution in [0, 0.1) is 0 Å². The molecule has 4 nitrogen and oxygen atoms in total. The van der Waals surface area contributed by atoms with Gasteiger partial charge in [0.25, 0.3) is 0 Å². The lowest BCUT2D eigenvalue weighted by molar-refractivity contribution is -0.121. The largest absolute Gasteiger partial charge is 0.352 e. The van der Waals surface area contributed by atoms with E-state index in [0.717, 1.165) is 25.7 Å². The molecule has 1 amide bonds. The first kappa shape index (κ1) is 10.5. The Morgan fingerprint density at radius 2 is 2.00 bits per heavy atom. The van der Waals surface area contributed by atoms with Crippen LogP contribution in [0.5, 0.6) is 0 Å². The van der Waals surface area contributed by atoms with Gasteiger partial charge >= 0.3 is 0 Å². The zero-order chi connectivity index (χ0) is 9.68. The SMILES string of the molecule is CNCC(=O)NC1CCC(N)CC1. The lowest BCUT2D eigenvalue weighted by Crippen LogP contribution is -2.43. The highest BCUT2D eigenvalue weighted by Gasteiger charge is 2.19. The monoisotopic (exact) mass is 185 g/mol. The molecule has 0 aromatic carbocycles. The molecule has 76 valence electrons. The topological polar surface area (TPSA) is 67.2 Å². The van der Waals surface area contributed by atoms with Crippen molar-refractivity contribution in [2.24, 2.45) is 5.73 Å².